The summed E-state index contributed by atoms with van der Waals surface area (Å²) in [4.78, 5) is 21.6. The summed E-state index contributed by atoms with van der Waals surface area (Å²) in [5.74, 6) is 1.30. The van der Waals surface area contributed by atoms with Crippen LogP contribution in [0, 0.1) is 5.92 Å². The molecule has 42 heavy (non-hydrogen) atoms. The van der Waals surface area contributed by atoms with Gasteiger partial charge in [-0.1, -0.05) is 67.6 Å². The number of piperidine rings is 1. The van der Waals surface area contributed by atoms with Gasteiger partial charge in [0.05, 0.1) is 12.1 Å². The van der Waals surface area contributed by atoms with E-state index in [0.29, 0.717) is 43.4 Å². The number of carbonyl (C=O) groups excluding carboxylic acids is 1. The third-order valence-corrected chi connectivity index (χ3v) is 8.27. The molecule has 9 heteroatoms. The lowest BCUT2D eigenvalue weighted by Crippen LogP contribution is -2.38. The van der Waals surface area contributed by atoms with Crippen LogP contribution in [-0.4, -0.2) is 33.8 Å². The van der Waals surface area contributed by atoms with E-state index in [1.807, 2.05) is 64.4 Å². The van der Waals surface area contributed by atoms with E-state index in [2.05, 4.69) is 11.9 Å². The van der Waals surface area contributed by atoms with E-state index in [1.54, 1.807) is 11.4 Å². The lowest BCUT2D eigenvalue weighted by Gasteiger charge is -2.29. The number of hydrogen-bond acceptors (Lipinski definition) is 5. The minimum Gasteiger partial charge on any atom is -0.489 e. The molecule has 3 aromatic carbocycles. The van der Waals surface area contributed by atoms with Crippen LogP contribution >= 0.6 is 11.3 Å². The number of likely N-dealkylation sites (tertiary alicyclic amines) is 1. The standard InChI is InChI=1S/C33H34F3N3O2S/c1-24-14-16-39(17-15-24)32(40)30-23-42-31(37-30)21-38(20-27-8-5-9-28(18-27)33(34,35)36)19-25-10-12-29(13-11-25)41-22-26-6-3-2-4-7-26/h2-13,18,23-24H,14-17,19-22H2,1H3. The number of amides is 1. The third-order valence-electron chi connectivity index (χ3n) is 7.44. The molecule has 0 spiro atoms. The van der Waals surface area contributed by atoms with Crippen LogP contribution in [0.1, 0.15) is 57.5 Å². The van der Waals surface area contributed by atoms with Crippen molar-refractivity contribution in [2.24, 2.45) is 5.92 Å². The molecule has 0 aliphatic carbocycles. The van der Waals surface area contributed by atoms with E-state index in [4.69, 9.17) is 4.74 Å². The maximum atomic E-state index is 13.4. The highest BCUT2D eigenvalue weighted by molar-refractivity contribution is 7.09. The molecule has 0 saturated carbocycles. The Balaban J connectivity index is 1.29. The van der Waals surface area contributed by atoms with Gasteiger partial charge < -0.3 is 9.64 Å². The van der Waals surface area contributed by atoms with Gasteiger partial charge in [-0.2, -0.15) is 13.2 Å². The molecule has 1 saturated heterocycles. The smallest absolute Gasteiger partial charge is 0.416 e. The number of hydrogen-bond donors (Lipinski definition) is 0. The minimum atomic E-state index is -4.41. The van der Waals surface area contributed by atoms with Crippen LogP contribution in [-0.2, 0) is 32.4 Å². The summed E-state index contributed by atoms with van der Waals surface area (Å²) < 4.78 is 46.1. The monoisotopic (exact) mass is 593 g/mol. The largest absolute Gasteiger partial charge is 0.489 e. The molecule has 1 amide bonds. The Morgan fingerprint density at radius 2 is 1.62 bits per heavy atom. The Bertz CT molecular complexity index is 1450. The summed E-state index contributed by atoms with van der Waals surface area (Å²) in [5, 5.41) is 2.54. The average molecular weight is 594 g/mol. The molecule has 5 rings (SSSR count). The van der Waals surface area contributed by atoms with Crippen LogP contribution in [0.25, 0.3) is 0 Å². The fourth-order valence-electron chi connectivity index (χ4n) is 5.01. The van der Waals surface area contributed by atoms with Crippen molar-refractivity contribution in [2.45, 2.75) is 52.2 Å². The Morgan fingerprint density at radius 1 is 0.929 bits per heavy atom. The molecule has 1 fully saturated rings. The van der Waals surface area contributed by atoms with E-state index < -0.39 is 11.7 Å². The summed E-state index contributed by atoms with van der Waals surface area (Å²) in [6, 6.07) is 23.1. The van der Waals surface area contributed by atoms with E-state index in [1.165, 1.54) is 23.5 Å². The van der Waals surface area contributed by atoms with Gasteiger partial charge in [0.25, 0.3) is 5.91 Å². The van der Waals surface area contributed by atoms with Crippen molar-refractivity contribution < 1.29 is 22.7 Å². The van der Waals surface area contributed by atoms with Crippen LogP contribution in [0.5, 0.6) is 5.75 Å². The van der Waals surface area contributed by atoms with Crippen LogP contribution in [0.15, 0.2) is 84.2 Å². The number of halogens is 3. The highest BCUT2D eigenvalue weighted by Gasteiger charge is 2.30. The van der Waals surface area contributed by atoms with Gasteiger partial charge in [0.1, 0.15) is 23.1 Å². The first kappa shape index (κ1) is 29.8. The van der Waals surface area contributed by atoms with E-state index in [0.717, 1.165) is 53.9 Å². The Labute approximate surface area is 248 Å². The first-order chi connectivity index (χ1) is 20.2. The normalized spacial score (nSPS) is 14.4. The molecule has 220 valence electrons. The second kappa shape index (κ2) is 13.5. The topological polar surface area (TPSA) is 45.7 Å². The molecule has 5 nitrogen and oxygen atoms in total. The SMILES string of the molecule is CC1CCN(C(=O)c2csc(CN(Cc3ccc(OCc4ccccc4)cc3)Cc3cccc(C(F)(F)F)c3)n2)CC1. The van der Waals surface area contributed by atoms with E-state index >= 15 is 0 Å². The second-order valence-corrected chi connectivity index (χ2v) is 11.8. The Kier molecular flexibility index (Phi) is 9.59. The van der Waals surface area contributed by atoms with Crippen LogP contribution < -0.4 is 4.74 Å². The summed E-state index contributed by atoms with van der Waals surface area (Å²) in [5.41, 5.74) is 2.39. The van der Waals surface area contributed by atoms with Crippen molar-refractivity contribution in [3.05, 3.63) is 117 Å². The molecule has 1 aromatic heterocycles. The van der Waals surface area contributed by atoms with Crippen LogP contribution in [0.3, 0.4) is 0 Å². The van der Waals surface area contributed by atoms with Gasteiger partial charge in [-0.05, 0) is 53.6 Å². The number of thiazole rings is 1. The van der Waals surface area contributed by atoms with E-state index in [9.17, 15) is 18.0 Å². The van der Waals surface area contributed by atoms with Crippen molar-refractivity contribution in [1.82, 2.24) is 14.8 Å². The number of rotatable bonds is 10. The summed E-state index contributed by atoms with van der Waals surface area (Å²) >= 11 is 1.41. The van der Waals surface area contributed by atoms with Gasteiger partial charge in [-0.3, -0.25) is 9.69 Å². The molecule has 4 aromatic rings. The first-order valence-corrected chi connectivity index (χ1v) is 15.0. The summed E-state index contributed by atoms with van der Waals surface area (Å²) in [7, 11) is 0. The summed E-state index contributed by atoms with van der Waals surface area (Å²) in [6.07, 6.45) is -2.43. The van der Waals surface area contributed by atoms with Gasteiger partial charge in [0.15, 0.2) is 0 Å². The number of nitrogens with zero attached hydrogens (tertiary/aromatic N) is 3. The molecule has 0 radical (unpaired) electrons. The minimum absolute atomic E-state index is 0.0556. The lowest BCUT2D eigenvalue weighted by atomic mass is 9.99. The van der Waals surface area contributed by atoms with Crippen molar-refractivity contribution in [1.29, 1.82) is 0 Å². The maximum Gasteiger partial charge on any atom is 0.416 e. The molecular weight excluding hydrogens is 559 g/mol. The fourth-order valence-corrected chi connectivity index (χ4v) is 5.82. The molecule has 0 N–H and O–H groups in total. The van der Waals surface area contributed by atoms with Crippen molar-refractivity contribution >= 4 is 17.2 Å². The number of alkyl halides is 3. The molecule has 0 atom stereocenters. The maximum absolute atomic E-state index is 13.4. The zero-order valence-corrected chi connectivity index (χ0v) is 24.3. The number of carbonyl (C=O) groups is 1. The van der Waals surface area contributed by atoms with Gasteiger partial charge >= 0.3 is 6.18 Å². The highest BCUT2D eigenvalue weighted by Crippen LogP contribution is 2.30. The van der Waals surface area contributed by atoms with Crippen LogP contribution in [0.4, 0.5) is 13.2 Å². The number of benzene rings is 3. The van der Waals surface area contributed by atoms with Gasteiger partial charge in [0, 0.05) is 31.6 Å². The zero-order chi connectivity index (χ0) is 29.5. The van der Waals surface area contributed by atoms with Gasteiger partial charge in [-0.15, -0.1) is 11.3 Å². The average Bonchev–Trinajstić information content (AvgIpc) is 3.45. The molecule has 0 unspecified atom stereocenters. The zero-order valence-electron chi connectivity index (χ0n) is 23.5. The van der Waals surface area contributed by atoms with E-state index in [-0.39, 0.29) is 5.91 Å². The van der Waals surface area contributed by atoms with Crippen molar-refractivity contribution in [3.8, 4) is 5.75 Å². The molecule has 1 aliphatic heterocycles. The molecular formula is C33H34F3N3O2S. The van der Waals surface area contributed by atoms with Crippen molar-refractivity contribution in [2.75, 3.05) is 13.1 Å². The Morgan fingerprint density at radius 3 is 2.33 bits per heavy atom. The molecule has 2 heterocycles. The molecule has 1 aliphatic rings. The van der Waals surface area contributed by atoms with Gasteiger partial charge in [0.2, 0.25) is 0 Å². The first-order valence-electron chi connectivity index (χ1n) is 14.1. The predicted molar refractivity (Wildman–Crippen MR) is 158 cm³/mol. The third kappa shape index (κ3) is 8.20. The quantitative estimate of drug-likeness (QED) is 0.188. The Hall–Kier alpha value is -3.69. The number of aromatic nitrogens is 1. The molecule has 0 bridgehead atoms. The summed E-state index contributed by atoms with van der Waals surface area (Å²) in [6.45, 7) is 5.32. The highest BCUT2D eigenvalue weighted by atomic mass is 32.1. The number of ether oxygens (including phenoxy) is 1. The fraction of sp³-hybridized carbons (Fsp3) is 0.333. The lowest BCUT2D eigenvalue weighted by molar-refractivity contribution is -0.137. The van der Waals surface area contributed by atoms with Crippen LogP contribution in [0.2, 0.25) is 0 Å². The second-order valence-electron chi connectivity index (χ2n) is 10.9. The predicted octanol–water partition coefficient (Wildman–Crippen LogP) is 7.82. The van der Waals surface area contributed by atoms with Gasteiger partial charge in [-0.25, -0.2) is 4.98 Å². The van der Waals surface area contributed by atoms with Crippen molar-refractivity contribution in [3.63, 3.8) is 0 Å².